The lowest BCUT2D eigenvalue weighted by atomic mass is 10.1. The molecule has 0 saturated carbocycles. The standard InChI is InChI=1S/C14H20N2O2/c1-2-15-8-11-5-6-16(9-11)12-3-4-13-14(7-12)18-10-17-13/h3-4,7,11,15H,2,5-6,8-10H2,1H3. The zero-order valence-corrected chi connectivity index (χ0v) is 10.8. The molecule has 2 aliphatic heterocycles. The third kappa shape index (κ3) is 2.25. The highest BCUT2D eigenvalue weighted by molar-refractivity contribution is 5.57. The van der Waals surface area contributed by atoms with Gasteiger partial charge in [-0.05, 0) is 37.6 Å². The van der Waals surface area contributed by atoms with Crippen molar-refractivity contribution >= 4 is 5.69 Å². The summed E-state index contributed by atoms with van der Waals surface area (Å²) < 4.78 is 10.8. The second kappa shape index (κ2) is 5.06. The van der Waals surface area contributed by atoms with Crippen molar-refractivity contribution in [2.24, 2.45) is 5.92 Å². The van der Waals surface area contributed by atoms with Gasteiger partial charge in [-0.2, -0.15) is 0 Å². The highest BCUT2D eigenvalue weighted by Crippen LogP contribution is 2.36. The zero-order valence-electron chi connectivity index (χ0n) is 10.8. The molecule has 2 heterocycles. The van der Waals surface area contributed by atoms with E-state index in [4.69, 9.17) is 9.47 Å². The lowest BCUT2D eigenvalue weighted by molar-refractivity contribution is 0.174. The summed E-state index contributed by atoms with van der Waals surface area (Å²) in [5.74, 6) is 2.50. The van der Waals surface area contributed by atoms with Gasteiger partial charge in [0.15, 0.2) is 11.5 Å². The number of rotatable bonds is 4. The number of hydrogen-bond donors (Lipinski definition) is 1. The Morgan fingerprint density at radius 3 is 3.11 bits per heavy atom. The second-order valence-corrected chi connectivity index (χ2v) is 4.95. The van der Waals surface area contributed by atoms with Gasteiger partial charge in [0.25, 0.3) is 0 Å². The molecule has 0 spiro atoms. The topological polar surface area (TPSA) is 33.7 Å². The normalized spacial score (nSPS) is 21.6. The average molecular weight is 248 g/mol. The molecule has 0 radical (unpaired) electrons. The number of benzene rings is 1. The third-order valence-electron chi connectivity index (χ3n) is 3.69. The fourth-order valence-electron chi connectivity index (χ4n) is 2.66. The number of fused-ring (bicyclic) bond motifs is 1. The van der Waals surface area contributed by atoms with Gasteiger partial charge >= 0.3 is 0 Å². The smallest absolute Gasteiger partial charge is 0.231 e. The maximum absolute atomic E-state index is 5.43. The van der Waals surface area contributed by atoms with Gasteiger partial charge in [-0.3, -0.25) is 0 Å². The molecule has 1 aromatic carbocycles. The molecule has 1 fully saturated rings. The molecule has 1 atom stereocenters. The maximum atomic E-state index is 5.43. The van der Waals surface area contributed by atoms with E-state index in [1.54, 1.807) is 0 Å². The Labute approximate surface area is 108 Å². The van der Waals surface area contributed by atoms with Gasteiger partial charge in [0, 0.05) is 24.8 Å². The van der Waals surface area contributed by atoms with Crippen LogP contribution in [0.15, 0.2) is 18.2 Å². The molecule has 4 nitrogen and oxygen atoms in total. The molecule has 3 rings (SSSR count). The molecule has 1 unspecified atom stereocenters. The monoisotopic (exact) mass is 248 g/mol. The number of nitrogens with zero attached hydrogens (tertiary/aromatic N) is 1. The molecule has 0 aliphatic carbocycles. The van der Waals surface area contributed by atoms with Crippen LogP contribution in [0.1, 0.15) is 13.3 Å². The first-order valence-electron chi connectivity index (χ1n) is 6.72. The highest BCUT2D eigenvalue weighted by atomic mass is 16.7. The third-order valence-corrected chi connectivity index (χ3v) is 3.69. The van der Waals surface area contributed by atoms with Gasteiger partial charge in [-0.15, -0.1) is 0 Å². The number of ether oxygens (including phenoxy) is 2. The molecule has 0 aromatic heterocycles. The van der Waals surface area contributed by atoms with Crippen LogP contribution in [-0.4, -0.2) is 33.0 Å². The summed E-state index contributed by atoms with van der Waals surface area (Å²) >= 11 is 0. The summed E-state index contributed by atoms with van der Waals surface area (Å²) in [6.07, 6.45) is 1.27. The van der Waals surface area contributed by atoms with Crippen molar-refractivity contribution in [2.75, 3.05) is 37.9 Å². The molecule has 1 N–H and O–H groups in total. The van der Waals surface area contributed by atoms with Crippen LogP contribution in [0.5, 0.6) is 11.5 Å². The summed E-state index contributed by atoms with van der Waals surface area (Å²) in [7, 11) is 0. The summed E-state index contributed by atoms with van der Waals surface area (Å²) in [5, 5.41) is 3.43. The van der Waals surface area contributed by atoms with Crippen LogP contribution in [0.2, 0.25) is 0 Å². The minimum absolute atomic E-state index is 0.349. The van der Waals surface area contributed by atoms with Crippen molar-refractivity contribution in [1.82, 2.24) is 5.32 Å². The van der Waals surface area contributed by atoms with Crippen molar-refractivity contribution in [3.05, 3.63) is 18.2 Å². The Bertz CT molecular complexity index is 422. The Morgan fingerprint density at radius 1 is 1.33 bits per heavy atom. The Hall–Kier alpha value is -1.42. The fourth-order valence-corrected chi connectivity index (χ4v) is 2.66. The first kappa shape index (κ1) is 11.7. The molecule has 0 bridgehead atoms. The van der Waals surface area contributed by atoms with Crippen molar-refractivity contribution in [3.8, 4) is 11.5 Å². The molecule has 1 saturated heterocycles. The van der Waals surface area contributed by atoms with Gasteiger partial charge in [-0.25, -0.2) is 0 Å². The van der Waals surface area contributed by atoms with Crippen molar-refractivity contribution in [3.63, 3.8) is 0 Å². The van der Waals surface area contributed by atoms with E-state index in [0.717, 1.165) is 43.6 Å². The number of hydrogen-bond acceptors (Lipinski definition) is 4. The number of nitrogens with one attached hydrogen (secondary N) is 1. The lowest BCUT2D eigenvalue weighted by Crippen LogP contribution is -2.26. The highest BCUT2D eigenvalue weighted by Gasteiger charge is 2.23. The van der Waals surface area contributed by atoms with E-state index in [1.165, 1.54) is 12.1 Å². The molecule has 98 valence electrons. The van der Waals surface area contributed by atoms with Crippen LogP contribution in [0.4, 0.5) is 5.69 Å². The van der Waals surface area contributed by atoms with E-state index in [-0.39, 0.29) is 0 Å². The lowest BCUT2D eigenvalue weighted by Gasteiger charge is -2.19. The van der Waals surface area contributed by atoms with Crippen LogP contribution in [0.3, 0.4) is 0 Å². The SMILES string of the molecule is CCNCC1CCN(c2ccc3c(c2)OCO3)C1. The summed E-state index contributed by atoms with van der Waals surface area (Å²) in [5.41, 5.74) is 1.25. The van der Waals surface area contributed by atoms with Crippen molar-refractivity contribution in [2.45, 2.75) is 13.3 Å². The Balaban J connectivity index is 1.65. The molecule has 1 aromatic rings. The first-order valence-corrected chi connectivity index (χ1v) is 6.72. The van der Waals surface area contributed by atoms with E-state index in [1.807, 2.05) is 6.07 Å². The average Bonchev–Trinajstić information content (AvgIpc) is 3.04. The molecular formula is C14H20N2O2. The van der Waals surface area contributed by atoms with Gasteiger partial charge in [0.1, 0.15) is 0 Å². The van der Waals surface area contributed by atoms with Crippen molar-refractivity contribution < 1.29 is 9.47 Å². The molecule has 2 aliphatic rings. The van der Waals surface area contributed by atoms with Crippen LogP contribution in [0, 0.1) is 5.92 Å². The maximum Gasteiger partial charge on any atom is 0.231 e. The van der Waals surface area contributed by atoms with Crippen LogP contribution in [0.25, 0.3) is 0 Å². The minimum Gasteiger partial charge on any atom is -0.454 e. The molecular weight excluding hydrogens is 228 g/mol. The Morgan fingerprint density at radius 2 is 2.22 bits per heavy atom. The van der Waals surface area contributed by atoms with Gasteiger partial charge < -0.3 is 19.7 Å². The minimum atomic E-state index is 0.349. The van der Waals surface area contributed by atoms with Gasteiger partial charge in [0.2, 0.25) is 6.79 Å². The van der Waals surface area contributed by atoms with E-state index in [2.05, 4.69) is 29.3 Å². The van der Waals surface area contributed by atoms with E-state index < -0.39 is 0 Å². The van der Waals surface area contributed by atoms with E-state index in [9.17, 15) is 0 Å². The van der Waals surface area contributed by atoms with Crippen LogP contribution in [-0.2, 0) is 0 Å². The predicted molar refractivity (Wildman–Crippen MR) is 71.4 cm³/mol. The van der Waals surface area contributed by atoms with Crippen LogP contribution < -0.4 is 19.7 Å². The van der Waals surface area contributed by atoms with Crippen molar-refractivity contribution in [1.29, 1.82) is 0 Å². The predicted octanol–water partition coefficient (Wildman–Crippen LogP) is 1.85. The van der Waals surface area contributed by atoms with E-state index in [0.29, 0.717) is 6.79 Å². The number of anilines is 1. The summed E-state index contributed by atoms with van der Waals surface area (Å²) in [4.78, 5) is 2.43. The fraction of sp³-hybridized carbons (Fsp3) is 0.571. The Kier molecular flexibility index (Phi) is 3.28. The summed E-state index contributed by atoms with van der Waals surface area (Å²) in [6, 6.07) is 6.23. The van der Waals surface area contributed by atoms with Gasteiger partial charge in [0.05, 0.1) is 0 Å². The summed E-state index contributed by atoms with van der Waals surface area (Å²) in [6.45, 7) is 6.95. The quantitative estimate of drug-likeness (QED) is 0.881. The van der Waals surface area contributed by atoms with Crippen LogP contribution >= 0.6 is 0 Å². The molecule has 18 heavy (non-hydrogen) atoms. The zero-order chi connectivity index (χ0) is 12.4. The molecule has 0 amide bonds. The molecule has 4 heteroatoms. The first-order chi connectivity index (χ1) is 8.86. The largest absolute Gasteiger partial charge is 0.454 e. The van der Waals surface area contributed by atoms with E-state index >= 15 is 0 Å². The van der Waals surface area contributed by atoms with Gasteiger partial charge in [-0.1, -0.05) is 6.92 Å². The second-order valence-electron chi connectivity index (χ2n) is 4.95.